The molecule has 1 heterocycles. The van der Waals surface area contributed by atoms with E-state index in [0.29, 0.717) is 5.56 Å². The van der Waals surface area contributed by atoms with Gasteiger partial charge in [-0.05, 0) is 18.6 Å². The Hall–Kier alpha value is -1.13. The van der Waals surface area contributed by atoms with Crippen molar-refractivity contribution in [1.82, 2.24) is 10.2 Å². The van der Waals surface area contributed by atoms with Gasteiger partial charge in [0.25, 0.3) is 0 Å². The summed E-state index contributed by atoms with van der Waals surface area (Å²) in [5.41, 5.74) is -0.496. The van der Waals surface area contributed by atoms with Crippen molar-refractivity contribution in [2.75, 3.05) is 0 Å². The Balaban J connectivity index is 3.06. The number of nitrogens with zero attached hydrogens (tertiary/aromatic N) is 2. The molecule has 1 rings (SSSR count). The van der Waals surface area contributed by atoms with Gasteiger partial charge in [0.1, 0.15) is 0 Å². The van der Waals surface area contributed by atoms with Crippen LogP contribution in [0.25, 0.3) is 0 Å². The van der Waals surface area contributed by atoms with Gasteiger partial charge in [-0.3, -0.25) is 0 Å². The highest BCUT2D eigenvalue weighted by atomic mass is 19.4. The minimum absolute atomic E-state index is 0.451. The van der Waals surface area contributed by atoms with Crippen molar-refractivity contribution in [2.45, 2.75) is 13.1 Å². The smallest absolute Gasteiger partial charge is 0.164 e. The Morgan fingerprint density at radius 1 is 1.36 bits per heavy atom. The molecule has 0 aliphatic heterocycles. The summed E-state index contributed by atoms with van der Waals surface area (Å²) in [6.45, 7) is 1.53. The molecule has 0 unspecified atom stereocenters. The van der Waals surface area contributed by atoms with Crippen molar-refractivity contribution in [3.63, 3.8) is 0 Å². The molecule has 0 saturated carbocycles. The molecule has 60 valence electrons. The lowest BCUT2D eigenvalue weighted by atomic mass is 10.3. The maximum absolute atomic E-state index is 11.9. The van der Waals surface area contributed by atoms with Gasteiger partial charge in [-0.1, -0.05) is 0 Å². The average Bonchev–Trinajstić information content (AvgIpc) is 1.86. The fourth-order valence-corrected chi connectivity index (χ4v) is 0.602. The van der Waals surface area contributed by atoms with E-state index in [4.69, 9.17) is 0 Å². The number of hydrogen-bond acceptors (Lipinski definition) is 2. The maximum atomic E-state index is 11.9. The van der Waals surface area contributed by atoms with Crippen molar-refractivity contribution >= 4 is 0 Å². The quantitative estimate of drug-likeness (QED) is 0.581. The molecular formula is C6H5F3N2. The number of hydrogen-bond donors (Lipinski definition) is 0. The zero-order valence-corrected chi connectivity index (χ0v) is 5.68. The Bertz CT molecular complexity index is 256. The van der Waals surface area contributed by atoms with Crippen molar-refractivity contribution in [2.24, 2.45) is 0 Å². The maximum Gasteiger partial charge on any atom is 0.435 e. The molecule has 0 N–H and O–H groups in total. The van der Waals surface area contributed by atoms with Crippen molar-refractivity contribution in [1.29, 1.82) is 0 Å². The second kappa shape index (κ2) is 2.48. The lowest BCUT2D eigenvalue weighted by Gasteiger charge is -2.03. The van der Waals surface area contributed by atoms with Crippen LogP contribution in [0.4, 0.5) is 13.2 Å². The lowest BCUT2D eigenvalue weighted by molar-refractivity contribution is -0.141. The van der Waals surface area contributed by atoms with E-state index in [2.05, 4.69) is 10.2 Å². The third-order valence-corrected chi connectivity index (χ3v) is 1.08. The van der Waals surface area contributed by atoms with Crippen LogP contribution < -0.4 is 0 Å². The highest BCUT2D eigenvalue weighted by Gasteiger charge is 2.32. The third kappa shape index (κ3) is 1.89. The predicted octanol–water partition coefficient (Wildman–Crippen LogP) is 1.80. The van der Waals surface area contributed by atoms with Crippen LogP contribution in [0.3, 0.4) is 0 Å². The molecule has 1 aromatic heterocycles. The fourth-order valence-electron chi connectivity index (χ4n) is 0.602. The summed E-state index contributed by atoms with van der Waals surface area (Å²) in [4.78, 5) is 0. The molecule has 0 spiro atoms. The van der Waals surface area contributed by atoms with E-state index in [9.17, 15) is 13.2 Å². The van der Waals surface area contributed by atoms with Crippen LogP contribution in [0.5, 0.6) is 0 Å². The van der Waals surface area contributed by atoms with Crippen LogP contribution in [-0.2, 0) is 6.18 Å². The van der Waals surface area contributed by atoms with Gasteiger partial charge in [0, 0.05) is 0 Å². The topological polar surface area (TPSA) is 25.8 Å². The van der Waals surface area contributed by atoms with Gasteiger partial charge in [0.15, 0.2) is 5.69 Å². The van der Waals surface area contributed by atoms with E-state index >= 15 is 0 Å². The van der Waals surface area contributed by atoms with Gasteiger partial charge in [0.05, 0.1) is 6.20 Å². The number of rotatable bonds is 0. The summed E-state index contributed by atoms with van der Waals surface area (Å²) in [7, 11) is 0. The molecule has 0 aliphatic carbocycles. The largest absolute Gasteiger partial charge is 0.435 e. The minimum atomic E-state index is -4.39. The molecule has 0 atom stereocenters. The van der Waals surface area contributed by atoms with Gasteiger partial charge < -0.3 is 0 Å². The predicted molar refractivity (Wildman–Crippen MR) is 31.8 cm³/mol. The molecule has 0 fully saturated rings. The molecule has 11 heavy (non-hydrogen) atoms. The Morgan fingerprint density at radius 3 is 2.36 bits per heavy atom. The van der Waals surface area contributed by atoms with Crippen molar-refractivity contribution in [3.8, 4) is 0 Å². The van der Waals surface area contributed by atoms with E-state index < -0.39 is 11.9 Å². The first-order valence-corrected chi connectivity index (χ1v) is 2.86. The Kier molecular flexibility index (Phi) is 1.80. The van der Waals surface area contributed by atoms with Crippen LogP contribution >= 0.6 is 0 Å². The Labute approximate surface area is 61.1 Å². The zero-order chi connectivity index (χ0) is 8.48. The molecule has 0 radical (unpaired) electrons. The summed E-state index contributed by atoms with van der Waals surface area (Å²) in [6.07, 6.45) is -3.12. The molecule has 0 bridgehead atoms. The summed E-state index contributed by atoms with van der Waals surface area (Å²) < 4.78 is 35.6. The van der Waals surface area contributed by atoms with E-state index in [1.807, 2.05) is 0 Å². The van der Waals surface area contributed by atoms with Crippen LogP contribution in [-0.4, -0.2) is 10.2 Å². The van der Waals surface area contributed by atoms with E-state index in [0.717, 1.165) is 6.07 Å². The molecule has 2 nitrogen and oxygen atoms in total. The summed E-state index contributed by atoms with van der Waals surface area (Å²) >= 11 is 0. The lowest BCUT2D eigenvalue weighted by Crippen LogP contribution is -2.08. The van der Waals surface area contributed by atoms with Gasteiger partial charge in [-0.2, -0.15) is 18.3 Å². The van der Waals surface area contributed by atoms with Gasteiger partial charge in [-0.25, -0.2) is 0 Å². The highest BCUT2D eigenvalue weighted by Crippen LogP contribution is 2.26. The van der Waals surface area contributed by atoms with Crippen LogP contribution in [0, 0.1) is 6.92 Å². The number of alkyl halides is 3. The van der Waals surface area contributed by atoms with Crippen molar-refractivity contribution in [3.05, 3.63) is 23.5 Å². The van der Waals surface area contributed by atoms with E-state index in [1.54, 1.807) is 0 Å². The molecule has 0 aliphatic rings. The fraction of sp³-hybridized carbons (Fsp3) is 0.333. The normalized spacial score (nSPS) is 11.6. The average molecular weight is 162 g/mol. The van der Waals surface area contributed by atoms with E-state index in [1.165, 1.54) is 13.1 Å². The molecular weight excluding hydrogens is 157 g/mol. The first-order chi connectivity index (χ1) is 5.00. The van der Waals surface area contributed by atoms with Gasteiger partial charge >= 0.3 is 6.18 Å². The molecule has 1 aromatic rings. The highest BCUT2D eigenvalue weighted by molar-refractivity contribution is 5.12. The second-order valence-corrected chi connectivity index (χ2v) is 2.12. The summed E-state index contributed by atoms with van der Waals surface area (Å²) in [6, 6.07) is 0.951. The van der Waals surface area contributed by atoms with Crippen LogP contribution in [0.15, 0.2) is 12.3 Å². The number of halogens is 3. The number of aromatic nitrogens is 2. The first kappa shape index (κ1) is 7.97. The van der Waals surface area contributed by atoms with E-state index in [-0.39, 0.29) is 0 Å². The number of aryl methyl sites for hydroxylation is 1. The standard InChI is InChI=1S/C6H5F3N2/c1-4-2-5(6(7,8)9)11-10-3-4/h2-3H,1H3. The Morgan fingerprint density at radius 2 is 2.00 bits per heavy atom. The molecule has 0 saturated heterocycles. The third-order valence-electron chi connectivity index (χ3n) is 1.08. The minimum Gasteiger partial charge on any atom is -0.164 e. The molecule has 0 aromatic carbocycles. The van der Waals surface area contributed by atoms with Gasteiger partial charge in [0.2, 0.25) is 0 Å². The van der Waals surface area contributed by atoms with Crippen LogP contribution in [0.2, 0.25) is 0 Å². The summed E-state index contributed by atoms with van der Waals surface area (Å²) in [5, 5.41) is 6.12. The first-order valence-electron chi connectivity index (χ1n) is 2.86. The van der Waals surface area contributed by atoms with Crippen molar-refractivity contribution < 1.29 is 13.2 Å². The molecule has 0 amide bonds. The van der Waals surface area contributed by atoms with Gasteiger partial charge in [-0.15, -0.1) is 5.10 Å². The summed E-state index contributed by atoms with van der Waals surface area (Å²) in [5.74, 6) is 0. The molecule has 5 heteroatoms. The zero-order valence-electron chi connectivity index (χ0n) is 5.68. The van der Waals surface area contributed by atoms with Crippen LogP contribution in [0.1, 0.15) is 11.3 Å². The second-order valence-electron chi connectivity index (χ2n) is 2.12. The monoisotopic (exact) mass is 162 g/mol. The SMILES string of the molecule is Cc1cnnc(C(F)(F)F)c1.